The van der Waals surface area contributed by atoms with Gasteiger partial charge in [0.25, 0.3) is 0 Å². The quantitative estimate of drug-likeness (QED) is 0.107. The fourth-order valence-corrected chi connectivity index (χ4v) is 3.72. The Bertz CT molecular complexity index is 553. The van der Waals surface area contributed by atoms with E-state index in [0.29, 0.717) is 12.2 Å². The van der Waals surface area contributed by atoms with E-state index in [9.17, 15) is 4.79 Å². The molecule has 1 aromatic rings. The van der Waals surface area contributed by atoms with Crippen LogP contribution in [0, 0.1) is 6.92 Å². The summed E-state index contributed by atoms with van der Waals surface area (Å²) in [4.78, 5) is 21.9. The summed E-state index contributed by atoms with van der Waals surface area (Å²) in [5.74, 6) is 0.277. The smallest absolute Gasteiger partial charge is 0.373 e. The van der Waals surface area contributed by atoms with Crippen molar-refractivity contribution in [3.63, 3.8) is 0 Å². The molecule has 0 aliphatic carbocycles. The summed E-state index contributed by atoms with van der Waals surface area (Å²) in [5.41, 5.74) is 0.464. The highest BCUT2D eigenvalue weighted by atomic mass is 17.2. The highest BCUT2D eigenvalue weighted by Gasteiger charge is 2.09. The molecule has 0 saturated carbocycles. The van der Waals surface area contributed by atoms with Gasteiger partial charge in [-0.25, -0.2) is 4.79 Å². The summed E-state index contributed by atoms with van der Waals surface area (Å²) in [6.07, 6.45) is 20.9. The van der Waals surface area contributed by atoms with E-state index in [2.05, 4.69) is 6.92 Å². The zero-order valence-corrected chi connectivity index (χ0v) is 20.7. The molecule has 0 aliphatic heterocycles. The van der Waals surface area contributed by atoms with Crippen LogP contribution in [0.2, 0.25) is 0 Å². The average molecular weight is 448 g/mol. The first-order valence-electron chi connectivity index (χ1n) is 13.0. The molecule has 183 valence electrons. The van der Waals surface area contributed by atoms with Crippen LogP contribution in [0.1, 0.15) is 127 Å². The van der Waals surface area contributed by atoms with E-state index >= 15 is 0 Å². The Labute approximate surface area is 197 Å². The summed E-state index contributed by atoms with van der Waals surface area (Å²) >= 11 is 0. The molecule has 0 aliphatic rings. The molecule has 0 amide bonds. The molecule has 4 nitrogen and oxygen atoms in total. The molecular formula is C28H47O4. The Morgan fingerprint density at radius 2 is 1.16 bits per heavy atom. The largest absolute Gasteiger partial charge is 0.491 e. The Morgan fingerprint density at radius 1 is 0.719 bits per heavy atom. The van der Waals surface area contributed by atoms with E-state index in [4.69, 9.17) is 14.5 Å². The maximum atomic E-state index is 12.0. The van der Waals surface area contributed by atoms with Crippen LogP contribution in [0.25, 0.3) is 0 Å². The molecule has 1 aromatic carbocycles. The Kier molecular flexibility index (Phi) is 17.9. The van der Waals surface area contributed by atoms with Crippen LogP contribution in [0.15, 0.2) is 24.3 Å². The van der Waals surface area contributed by atoms with Crippen molar-refractivity contribution in [2.24, 2.45) is 0 Å². The van der Waals surface area contributed by atoms with Crippen molar-refractivity contribution < 1.29 is 19.3 Å². The second kappa shape index (κ2) is 20.1. The lowest BCUT2D eigenvalue weighted by molar-refractivity contribution is -0.241. The lowest BCUT2D eigenvalue weighted by Gasteiger charge is -2.09. The standard InChI is InChI=1S/C28H47O4/c1-4-5-6-7-8-9-10-11-12-13-14-15-16-17-18-19-24-30-32-28(29)26-20-22-27(23-21-26)31-25(2)3/h20-23,25H,1,4-19,24H2,2-3H3. The lowest BCUT2D eigenvalue weighted by Crippen LogP contribution is -2.08. The molecule has 0 atom stereocenters. The first-order chi connectivity index (χ1) is 15.6. The number of unbranched alkanes of at least 4 members (excludes halogenated alkanes) is 15. The zero-order valence-electron chi connectivity index (χ0n) is 20.7. The molecule has 0 aromatic heterocycles. The van der Waals surface area contributed by atoms with Gasteiger partial charge < -0.3 is 4.74 Å². The fraction of sp³-hybridized carbons (Fsp3) is 0.714. The van der Waals surface area contributed by atoms with Crippen molar-refractivity contribution in [2.45, 2.75) is 123 Å². The Balaban J connectivity index is 1.84. The molecule has 0 bridgehead atoms. The third-order valence-corrected chi connectivity index (χ3v) is 5.57. The van der Waals surface area contributed by atoms with Crippen LogP contribution in [0.5, 0.6) is 5.75 Å². The van der Waals surface area contributed by atoms with E-state index in [-0.39, 0.29) is 6.10 Å². The molecule has 0 N–H and O–H groups in total. The molecule has 1 rings (SSSR count). The summed E-state index contributed by atoms with van der Waals surface area (Å²) < 4.78 is 5.56. The van der Waals surface area contributed by atoms with Gasteiger partial charge in [0.1, 0.15) is 5.75 Å². The molecular weight excluding hydrogens is 400 g/mol. The zero-order chi connectivity index (χ0) is 23.3. The topological polar surface area (TPSA) is 44.8 Å². The minimum Gasteiger partial charge on any atom is -0.491 e. The first kappa shape index (κ1) is 28.5. The van der Waals surface area contributed by atoms with Gasteiger partial charge in [-0.3, -0.25) is 4.89 Å². The number of carbonyl (C=O) groups excluding carboxylic acids is 1. The van der Waals surface area contributed by atoms with Gasteiger partial charge in [0, 0.05) is 0 Å². The van der Waals surface area contributed by atoms with Crippen molar-refractivity contribution >= 4 is 5.97 Å². The monoisotopic (exact) mass is 447 g/mol. The van der Waals surface area contributed by atoms with Gasteiger partial charge in [0.05, 0.1) is 18.3 Å². The number of benzene rings is 1. The van der Waals surface area contributed by atoms with Gasteiger partial charge >= 0.3 is 5.97 Å². The number of carbonyl (C=O) groups is 1. The average Bonchev–Trinajstić information content (AvgIpc) is 2.78. The van der Waals surface area contributed by atoms with Crippen molar-refractivity contribution in [1.29, 1.82) is 0 Å². The third-order valence-electron chi connectivity index (χ3n) is 5.57. The minimum atomic E-state index is -0.463. The SMILES string of the molecule is [CH2]CCCCCCCCCCCCCCCCCOOC(=O)c1ccc(OC(C)C)cc1. The Morgan fingerprint density at radius 3 is 1.59 bits per heavy atom. The van der Waals surface area contributed by atoms with Crippen LogP contribution in [-0.4, -0.2) is 18.7 Å². The van der Waals surface area contributed by atoms with Gasteiger partial charge in [0.15, 0.2) is 0 Å². The van der Waals surface area contributed by atoms with E-state index in [1.165, 1.54) is 83.5 Å². The van der Waals surface area contributed by atoms with Gasteiger partial charge in [-0.2, -0.15) is 4.89 Å². The maximum Gasteiger partial charge on any atom is 0.373 e. The fourth-order valence-electron chi connectivity index (χ4n) is 3.72. The van der Waals surface area contributed by atoms with Crippen molar-refractivity contribution in [1.82, 2.24) is 0 Å². The second-order valence-corrected chi connectivity index (χ2v) is 9.04. The third kappa shape index (κ3) is 16.1. The summed E-state index contributed by atoms with van der Waals surface area (Å²) in [7, 11) is 0. The predicted molar refractivity (Wildman–Crippen MR) is 133 cm³/mol. The molecule has 4 heteroatoms. The number of rotatable bonds is 21. The molecule has 0 spiro atoms. The van der Waals surface area contributed by atoms with Gasteiger partial charge in [-0.1, -0.05) is 103 Å². The number of hydrogen-bond donors (Lipinski definition) is 0. The van der Waals surface area contributed by atoms with E-state index < -0.39 is 5.97 Å². The van der Waals surface area contributed by atoms with Crippen LogP contribution < -0.4 is 4.74 Å². The first-order valence-corrected chi connectivity index (χ1v) is 13.0. The molecule has 1 radical (unpaired) electrons. The van der Waals surface area contributed by atoms with Crippen LogP contribution in [0.4, 0.5) is 0 Å². The number of ether oxygens (including phenoxy) is 1. The number of hydrogen-bond acceptors (Lipinski definition) is 4. The van der Waals surface area contributed by atoms with E-state index in [1.54, 1.807) is 24.3 Å². The molecule has 0 heterocycles. The van der Waals surface area contributed by atoms with Crippen molar-refractivity contribution in [2.75, 3.05) is 6.61 Å². The Hall–Kier alpha value is -1.55. The van der Waals surface area contributed by atoms with Crippen LogP contribution in [0.3, 0.4) is 0 Å². The van der Waals surface area contributed by atoms with Crippen LogP contribution >= 0.6 is 0 Å². The minimum absolute atomic E-state index is 0.106. The molecule has 0 saturated heterocycles. The highest BCUT2D eigenvalue weighted by molar-refractivity contribution is 5.89. The lowest BCUT2D eigenvalue weighted by atomic mass is 10.0. The molecule has 0 fully saturated rings. The summed E-state index contributed by atoms with van der Waals surface area (Å²) in [6, 6.07) is 6.92. The molecule has 32 heavy (non-hydrogen) atoms. The summed E-state index contributed by atoms with van der Waals surface area (Å²) in [6.45, 7) is 8.28. The van der Waals surface area contributed by atoms with Gasteiger partial charge in [-0.05, 0) is 44.5 Å². The van der Waals surface area contributed by atoms with Gasteiger partial charge in [0.2, 0.25) is 0 Å². The van der Waals surface area contributed by atoms with Crippen LogP contribution in [-0.2, 0) is 9.78 Å². The molecule has 0 unspecified atom stereocenters. The maximum absolute atomic E-state index is 12.0. The van der Waals surface area contributed by atoms with Crippen molar-refractivity contribution in [3.05, 3.63) is 36.8 Å². The predicted octanol–water partition coefficient (Wildman–Crippen LogP) is 8.64. The van der Waals surface area contributed by atoms with Gasteiger partial charge in [-0.15, -0.1) is 0 Å². The van der Waals surface area contributed by atoms with Crippen molar-refractivity contribution in [3.8, 4) is 5.75 Å². The summed E-state index contributed by atoms with van der Waals surface area (Å²) in [5, 5.41) is 0. The van der Waals surface area contributed by atoms with E-state index in [1.807, 2.05) is 13.8 Å². The highest BCUT2D eigenvalue weighted by Crippen LogP contribution is 2.15. The normalized spacial score (nSPS) is 11.1. The van der Waals surface area contributed by atoms with E-state index in [0.717, 1.165) is 25.0 Å². The second-order valence-electron chi connectivity index (χ2n) is 9.04.